The highest BCUT2D eigenvalue weighted by molar-refractivity contribution is 7.89. The minimum atomic E-state index is -4.07. The van der Waals surface area contributed by atoms with Gasteiger partial charge in [-0.15, -0.1) is 22.7 Å². The van der Waals surface area contributed by atoms with Crippen molar-refractivity contribution in [2.24, 2.45) is 16.5 Å². The number of hydrogen-bond acceptors (Lipinski definition) is 10. The van der Waals surface area contributed by atoms with Crippen molar-refractivity contribution < 1.29 is 28.3 Å². The monoisotopic (exact) mass is 780 g/mol. The van der Waals surface area contributed by atoms with Crippen molar-refractivity contribution in [2.75, 3.05) is 26.2 Å². The average molecular weight is 781 g/mol. The molecule has 53 heavy (non-hydrogen) atoms. The molecule has 1 fully saturated rings. The predicted molar refractivity (Wildman–Crippen MR) is 209 cm³/mol. The summed E-state index contributed by atoms with van der Waals surface area (Å²) in [5.74, 6) is -0.499. The van der Waals surface area contributed by atoms with E-state index in [4.69, 9.17) is 10.2 Å². The molecule has 1 saturated heterocycles. The van der Waals surface area contributed by atoms with E-state index in [0.29, 0.717) is 25.2 Å². The number of sulfonamides is 1. The summed E-state index contributed by atoms with van der Waals surface area (Å²) in [5, 5.41) is 31.6. The quantitative estimate of drug-likeness (QED) is 0.0741. The second-order valence-electron chi connectivity index (χ2n) is 14.7. The molecule has 1 aliphatic rings. The molecule has 15 heteroatoms. The number of thiophene rings is 1. The van der Waals surface area contributed by atoms with Gasteiger partial charge in [0.1, 0.15) is 11.0 Å². The zero-order valence-electron chi connectivity index (χ0n) is 30.6. The van der Waals surface area contributed by atoms with E-state index in [1.54, 1.807) is 21.1 Å². The van der Waals surface area contributed by atoms with Crippen LogP contribution in [0.1, 0.15) is 51.4 Å². The number of nitrogens with zero attached hydrogens (tertiary/aromatic N) is 5. The number of carbonyl (C=O) groups excluding carboxylic acids is 2. The van der Waals surface area contributed by atoms with E-state index in [9.17, 15) is 23.1 Å². The topological polar surface area (TPSA) is 156 Å². The molecule has 2 aromatic heterocycles. The van der Waals surface area contributed by atoms with Crippen molar-refractivity contribution in [1.82, 2.24) is 24.4 Å². The second kappa shape index (κ2) is 17.3. The third kappa shape index (κ3) is 10.1. The van der Waals surface area contributed by atoms with Gasteiger partial charge in [0.25, 0.3) is 0 Å². The second-order valence-corrected chi connectivity index (χ2v) is 18.4. The largest absolute Gasteiger partial charge is 0.411 e. The van der Waals surface area contributed by atoms with Crippen LogP contribution in [0.25, 0.3) is 9.88 Å². The van der Waals surface area contributed by atoms with Crippen molar-refractivity contribution >= 4 is 50.8 Å². The molecule has 0 spiro atoms. The van der Waals surface area contributed by atoms with E-state index in [2.05, 4.69) is 10.5 Å². The first-order valence-corrected chi connectivity index (χ1v) is 20.7. The van der Waals surface area contributed by atoms with Gasteiger partial charge in [-0.05, 0) is 52.5 Å². The summed E-state index contributed by atoms with van der Waals surface area (Å²) in [4.78, 5) is 37.4. The summed E-state index contributed by atoms with van der Waals surface area (Å²) in [6.45, 7) is 10.4. The van der Waals surface area contributed by atoms with Gasteiger partial charge in [0, 0.05) is 31.6 Å². The standard InChI is InChI=1S/C38H48N6O6S3/c1-26(2)22-43(53(49,50)30-15-13-28(14-16-30)21-39-48)24-32(45)31(20-27-10-7-6-8-11-27)41-35(46)34(38(3,4)5)44-18-17-42(37(44)47)23-29-25-52-36(40-29)33-12-9-19-51-33/h6-16,19,21,25-26,31-32,34,45,48H,17-18,20,22-24H2,1-5H3,(H,41,46)/t31-,32+,34+/m0/s1. The number of thiazole rings is 1. The van der Waals surface area contributed by atoms with Crippen LogP contribution in [0.5, 0.6) is 0 Å². The van der Waals surface area contributed by atoms with Gasteiger partial charge in [0.2, 0.25) is 15.9 Å². The van der Waals surface area contributed by atoms with Crippen molar-refractivity contribution in [3.05, 3.63) is 94.3 Å². The van der Waals surface area contributed by atoms with Crippen LogP contribution in [-0.2, 0) is 27.8 Å². The molecule has 3 heterocycles. The Labute approximate surface area is 319 Å². The molecule has 12 nitrogen and oxygen atoms in total. The summed E-state index contributed by atoms with van der Waals surface area (Å²) in [7, 11) is -4.07. The minimum Gasteiger partial charge on any atom is -0.411 e. The number of aliphatic hydroxyl groups excluding tert-OH is 1. The number of oxime groups is 1. The minimum absolute atomic E-state index is 0.0226. The SMILES string of the molecule is CC(C)CN(C[C@@H](O)[C@H](Cc1ccccc1)NC(=O)[C@@H](N1CCN(Cc2csc(-c3cccs3)n2)C1=O)C(C)(C)C)S(=O)(=O)c1ccc(C=NO)cc1. The highest BCUT2D eigenvalue weighted by Gasteiger charge is 2.44. The smallest absolute Gasteiger partial charge is 0.321 e. The third-order valence-corrected chi connectivity index (χ3v) is 12.7. The Morgan fingerprint density at radius 2 is 1.75 bits per heavy atom. The van der Waals surface area contributed by atoms with Gasteiger partial charge in [-0.1, -0.05) is 88.3 Å². The Morgan fingerprint density at radius 1 is 1.04 bits per heavy atom. The maximum Gasteiger partial charge on any atom is 0.321 e. The van der Waals surface area contributed by atoms with Gasteiger partial charge in [0.15, 0.2) is 0 Å². The fourth-order valence-corrected chi connectivity index (χ4v) is 9.69. The summed E-state index contributed by atoms with van der Waals surface area (Å²) < 4.78 is 29.1. The van der Waals surface area contributed by atoms with Crippen LogP contribution in [0.2, 0.25) is 0 Å². The maximum atomic E-state index is 14.4. The zero-order valence-corrected chi connectivity index (χ0v) is 33.1. The molecule has 1 aliphatic heterocycles. The number of amides is 3. The lowest BCUT2D eigenvalue weighted by atomic mass is 9.84. The Hall–Kier alpha value is -4.15. The molecule has 0 bridgehead atoms. The number of urea groups is 1. The van der Waals surface area contributed by atoms with E-state index in [0.717, 1.165) is 21.1 Å². The molecule has 0 unspecified atom stereocenters. The van der Waals surface area contributed by atoms with E-state index < -0.39 is 39.5 Å². The van der Waals surface area contributed by atoms with E-state index >= 15 is 0 Å². The lowest BCUT2D eigenvalue weighted by Gasteiger charge is -2.38. The third-order valence-electron chi connectivity index (χ3n) is 8.92. The van der Waals surface area contributed by atoms with Gasteiger partial charge in [-0.25, -0.2) is 18.2 Å². The van der Waals surface area contributed by atoms with Crippen LogP contribution in [0.15, 0.2) is 87.5 Å². The molecular weight excluding hydrogens is 733 g/mol. The highest BCUT2D eigenvalue weighted by atomic mass is 32.2. The van der Waals surface area contributed by atoms with Crippen LogP contribution in [0.4, 0.5) is 4.79 Å². The van der Waals surface area contributed by atoms with Crippen molar-refractivity contribution in [1.29, 1.82) is 0 Å². The Balaban J connectivity index is 1.36. The molecule has 0 radical (unpaired) electrons. The van der Waals surface area contributed by atoms with Crippen LogP contribution >= 0.6 is 22.7 Å². The number of rotatable bonds is 16. The lowest BCUT2D eigenvalue weighted by Crippen LogP contribution is -2.59. The van der Waals surface area contributed by atoms with E-state index in [1.807, 2.05) is 87.8 Å². The fraction of sp³-hybridized carbons (Fsp3) is 0.421. The number of aromatic nitrogens is 1. The molecule has 3 amide bonds. The summed E-state index contributed by atoms with van der Waals surface area (Å²) in [6, 6.07) is 17.2. The van der Waals surface area contributed by atoms with Crippen molar-refractivity contribution in [2.45, 2.75) is 70.7 Å². The average Bonchev–Trinajstić information content (AvgIpc) is 3.88. The number of hydrogen-bond donors (Lipinski definition) is 3. The van der Waals surface area contributed by atoms with E-state index in [1.165, 1.54) is 46.1 Å². The predicted octanol–water partition coefficient (Wildman–Crippen LogP) is 5.77. The summed E-state index contributed by atoms with van der Waals surface area (Å²) >= 11 is 3.14. The molecule has 2 aromatic carbocycles. The first-order chi connectivity index (χ1) is 25.2. The van der Waals surface area contributed by atoms with Gasteiger partial charge in [-0.2, -0.15) is 4.31 Å². The molecule has 0 aliphatic carbocycles. The zero-order chi connectivity index (χ0) is 38.3. The molecule has 284 valence electrons. The molecule has 0 saturated carbocycles. The Morgan fingerprint density at radius 3 is 2.38 bits per heavy atom. The number of aliphatic hydroxyl groups is 1. The van der Waals surface area contributed by atoms with Crippen LogP contribution in [0, 0.1) is 11.3 Å². The van der Waals surface area contributed by atoms with Crippen molar-refractivity contribution in [3.63, 3.8) is 0 Å². The fourth-order valence-electron chi connectivity index (χ4n) is 6.45. The van der Waals surface area contributed by atoms with Gasteiger partial charge in [-0.3, -0.25) is 4.79 Å². The lowest BCUT2D eigenvalue weighted by molar-refractivity contribution is -0.130. The Kier molecular flexibility index (Phi) is 13.1. The van der Waals surface area contributed by atoms with E-state index in [-0.39, 0.29) is 36.4 Å². The molecule has 3 N–H and O–H groups in total. The number of nitrogens with one attached hydrogen (secondary N) is 1. The van der Waals surface area contributed by atoms with Crippen LogP contribution < -0.4 is 5.32 Å². The number of benzene rings is 2. The first-order valence-electron chi connectivity index (χ1n) is 17.5. The van der Waals surface area contributed by atoms with Gasteiger partial charge in [0.05, 0.1) is 40.4 Å². The molecule has 3 atom stereocenters. The Bertz CT molecular complexity index is 1940. The van der Waals surface area contributed by atoms with Crippen molar-refractivity contribution in [3.8, 4) is 9.88 Å². The van der Waals surface area contributed by atoms with Crippen LogP contribution in [-0.4, -0.2) is 100 Å². The first kappa shape index (κ1) is 40.0. The highest BCUT2D eigenvalue weighted by Crippen LogP contribution is 2.31. The molecular formula is C38H48N6O6S3. The van der Waals surface area contributed by atoms with Gasteiger partial charge < -0.3 is 25.4 Å². The van der Waals surface area contributed by atoms with Crippen LogP contribution in [0.3, 0.4) is 0 Å². The maximum absolute atomic E-state index is 14.4. The summed E-state index contributed by atoms with van der Waals surface area (Å²) in [5.41, 5.74) is 1.47. The summed E-state index contributed by atoms with van der Waals surface area (Å²) in [6.07, 6.45) is 0.123. The van der Waals surface area contributed by atoms with Gasteiger partial charge >= 0.3 is 6.03 Å². The normalized spacial score (nSPS) is 15.8. The molecule has 4 aromatic rings. The molecule has 5 rings (SSSR count). The number of carbonyl (C=O) groups is 2.